The summed E-state index contributed by atoms with van der Waals surface area (Å²) < 4.78 is 13.8. The third-order valence-corrected chi connectivity index (χ3v) is 4.34. The van der Waals surface area contributed by atoms with Crippen LogP contribution in [0.2, 0.25) is 5.02 Å². The summed E-state index contributed by atoms with van der Waals surface area (Å²) in [6.45, 7) is 2.80. The summed E-state index contributed by atoms with van der Waals surface area (Å²) in [5, 5.41) is 4.05. The van der Waals surface area contributed by atoms with E-state index in [1.807, 2.05) is 0 Å². The number of hydrogen-bond donors (Lipinski definition) is 1. The SMILES string of the molecule is Fc1cc(Cl)ccc1CN1CCCC1CNC1CC1. The topological polar surface area (TPSA) is 15.3 Å². The molecule has 0 spiro atoms. The Balaban J connectivity index is 1.60. The van der Waals surface area contributed by atoms with E-state index < -0.39 is 0 Å². The van der Waals surface area contributed by atoms with Crippen LogP contribution in [-0.2, 0) is 6.54 Å². The largest absolute Gasteiger partial charge is 0.312 e. The Hall–Kier alpha value is -0.640. The van der Waals surface area contributed by atoms with Crippen LogP contribution in [0.5, 0.6) is 0 Å². The fourth-order valence-corrected chi connectivity index (χ4v) is 2.95. The van der Waals surface area contributed by atoms with Gasteiger partial charge in [0.25, 0.3) is 0 Å². The van der Waals surface area contributed by atoms with Crippen molar-refractivity contribution in [3.05, 3.63) is 34.6 Å². The molecule has 4 heteroatoms. The second-order valence-electron chi connectivity index (χ2n) is 5.68. The molecule has 2 aliphatic rings. The van der Waals surface area contributed by atoms with Gasteiger partial charge in [0.2, 0.25) is 0 Å². The van der Waals surface area contributed by atoms with Crippen LogP contribution in [0, 0.1) is 5.82 Å². The normalized spacial score (nSPS) is 24.0. The number of likely N-dealkylation sites (tertiary alicyclic amines) is 1. The summed E-state index contributed by atoms with van der Waals surface area (Å²) in [4.78, 5) is 2.39. The van der Waals surface area contributed by atoms with E-state index >= 15 is 0 Å². The highest BCUT2D eigenvalue weighted by Crippen LogP contribution is 2.24. The predicted molar refractivity (Wildman–Crippen MR) is 75.9 cm³/mol. The fraction of sp³-hybridized carbons (Fsp3) is 0.600. The minimum Gasteiger partial charge on any atom is -0.312 e. The average Bonchev–Trinajstić information content (AvgIpc) is 3.11. The highest BCUT2D eigenvalue weighted by Gasteiger charge is 2.28. The molecule has 1 aromatic carbocycles. The van der Waals surface area contributed by atoms with Crippen LogP contribution >= 0.6 is 11.6 Å². The first-order chi connectivity index (χ1) is 9.22. The van der Waals surface area contributed by atoms with E-state index in [9.17, 15) is 4.39 Å². The highest BCUT2D eigenvalue weighted by atomic mass is 35.5. The maximum Gasteiger partial charge on any atom is 0.129 e. The molecule has 0 radical (unpaired) electrons. The molecule has 1 saturated heterocycles. The van der Waals surface area contributed by atoms with Crippen molar-refractivity contribution >= 4 is 11.6 Å². The molecule has 0 aromatic heterocycles. The third kappa shape index (κ3) is 3.47. The van der Waals surface area contributed by atoms with Crippen molar-refractivity contribution in [3.8, 4) is 0 Å². The van der Waals surface area contributed by atoms with E-state index in [1.165, 1.54) is 31.7 Å². The lowest BCUT2D eigenvalue weighted by Gasteiger charge is -2.25. The van der Waals surface area contributed by atoms with Crippen molar-refractivity contribution in [2.45, 2.75) is 44.3 Å². The molecule has 104 valence electrons. The molecule has 2 fully saturated rings. The van der Waals surface area contributed by atoms with E-state index in [0.717, 1.165) is 24.7 Å². The molecule has 1 aromatic rings. The van der Waals surface area contributed by atoms with E-state index in [-0.39, 0.29) is 5.82 Å². The summed E-state index contributed by atoms with van der Waals surface area (Å²) in [6.07, 6.45) is 5.07. The molecule has 1 saturated carbocycles. The third-order valence-electron chi connectivity index (χ3n) is 4.11. The van der Waals surface area contributed by atoms with Crippen molar-refractivity contribution in [1.29, 1.82) is 0 Å². The molecule has 1 unspecified atom stereocenters. The molecule has 19 heavy (non-hydrogen) atoms. The molecule has 0 bridgehead atoms. The average molecular weight is 283 g/mol. The van der Waals surface area contributed by atoms with Gasteiger partial charge in [-0.15, -0.1) is 0 Å². The maximum atomic E-state index is 13.8. The van der Waals surface area contributed by atoms with Crippen LogP contribution in [0.15, 0.2) is 18.2 Å². The predicted octanol–water partition coefficient (Wildman–Crippen LogP) is 3.20. The highest BCUT2D eigenvalue weighted by molar-refractivity contribution is 6.30. The number of nitrogens with zero attached hydrogens (tertiary/aromatic N) is 1. The Kier molecular flexibility index (Phi) is 4.06. The number of benzene rings is 1. The van der Waals surface area contributed by atoms with Crippen molar-refractivity contribution < 1.29 is 4.39 Å². The minimum atomic E-state index is -0.187. The molecule has 1 N–H and O–H groups in total. The fourth-order valence-electron chi connectivity index (χ4n) is 2.79. The Labute approximate surface area is 118 Å². The van der Waals surface area contributed by atoms with Gasteiger partial charge in [-0.25, -0.2) is 4.39 Å². The maximum absolute atomic E-state index is 13.8. The Morgan fingerprint density at radius 1 is 1.32 bits per heavy atom. The van der Waals surface area contributed by atoms with Crippen molar-refractivity contribution in [2.75, 3.05) is 13.1 Å². The lowest BCUT2D eigenvalue weighted by molar-refractivity contribution is 0.236. The van der Waals surface area contributed by atoms with Gasteiger partial charge < -0.3 is 5.32 Å². The van der Waals surface area contributed by atoms with Gasteiger partial charge in [-0.05, 0) is 44.4 Å². The van der Waals surface area contributed by atoms with E-state index in [4.69, 9.17) is 11.6 Å². The molecule has 3 rings (SSSR count). The quantitative estimate of drug-likeness (QED) is 0.892. The monoisotopic (exact) mass is 282 g/mol. The number of nitrogens with one attached hydrogen (secondary N) is 1. The van der Waals surface area contributed by atoms with Gasteiger partial charge in [-0.2, -0.15) is 0 Å². The minimum absolute atomic E-state index is 0.187. The van der Waals surface area contributed by atoms with Crippen LogP contribution in [0.1, 0.15) is 31.2 Å². The van der Waals surface area contributed by atoms with Crippen molar-refractivity contribution in [2.24, 2.45) is 0 Å². The van der Waals surface area contributed by atoms with Gasteiger partial charge in [0.05, 0.1) is 0 Å². The smallest absolute Gasteiger partial charge is 0.129 e. The first-order valence-corrected chi connectivity index (χ1v) is 7.51. The van der Waals surface area contributed by atoms with Crippen LogP contribution in [0.25, 0.3) is 0 Å². The van der Waals surface area contributed by atoms with Crippen molar-refractivity contribution in [1.82, 2.24) is 10.2 Å². The summed E-state index contributed by atoms with van der Waals surface area (Å²) in [6, 6.07) is 6.28. The first-order valence-electron chi connectivity index (χ1n) is 7.14. The summed E-state index contributed by atoms with van der Waals surface area (Å²) in [5.41, 5.74) is 0.753. The second kappa shape index (κ2) is 5.78. The van der Waals surface area contributed by atoms with E-state index in [1.54, 1.807) is 12.1 Å². The van der Waals surface area contributed by atoms with Gasteiger partial charge in [-0.3, -0.25) is 4.90 Å². The Morgan fingerprint density at radius 3 is 2.89 bits per heavy atom. The summed E-state index contributed by atoms with van der Waals surface area (Å²) >= 11 is 5.79. The molecular weight excluding hydrogens is 263 g/mol. The number of rotatable bonds is 5. The summed E-state index contributed by atoms with van der Waals surface area (Å²) in [5.74, 6) is -0.187. The second-order valence-corrected chi connectivity index (χ2v) is 6.12. The number of hydrogen-bond acceptors (Lipinski definition) is 2. The zero-order valence-electron chi connectivity index (χ0n) is 11.0. The Morgan fingerprint density at radius 2 is 2.16 bits per heavy atom. The van der Waals surface area contributed by atoms with Crippen LogP contribution in [0.3, 0.4) is 0 Å². The van der Waals surface area contributed by atoms with Gasteiger partial charge in [0, 0.05) is 35.8 Å². The molecule has 2 nitrogen and oxygen atoms in total. The first kappa shape index (κ1) is 13.3. The van der Waals surface area contributed by atoms with E-state index in [2.05, 4.69) is 10.2 Å². The van der Waals surface area contributed by atoms with Crippen molar-refractivity contribution in [3.63, 3.8) is 0 Å². The van der Waals surface area contributed by atoms with Gasteiger partial charge in [-0.1, -0.05) is 17.7 Å². The van der Waals surface area contributed by atoms with Gasteiger partial charge in [0.15, 0.2) is 0 Å². The molecule has 1 heterocycles. The van der Waals surface area contributed by atoms with E-state index in [0.29, 0.717) is 17.6 Å². The number of halogens is 2. The zero-order chi connectivity index (χ0) is 13.2. The lowest BCUT2D eigenvalue weighted by Crippen LogP contribution is -2.38. The molecule has 1 aliphatic carbocycles. The van der Waals surface area contributed by atoms with Gasteiger partial charge in [0.1, 0.15) is 5.82 Å². The van der Waals surface area contributed by atoms with Crippen LogP contribution < -0.4 is 5.32 Å². The zero-order valence-corrected chi connectivity index (χ0v) is 11.8. The van der Waals surface area contributed by atoms with Gasteiger partial charge >= 0.3 is 0 Å². The Bertz CT molecular complexity index is 448. The lowest BCUT2D eigenvalue weighted by atomic mass is 10.1. The van der Waals surface area contributed by atoms with Crippen LogP contribution in [-0.4, -0.2) is 30.1 Å². The van der Waals surface area contributed by atoms with Crippen LogP contribution in [0.4, 0.5) is 4.39 Å². The summed E-state index contributed by atoms with van der Waals surface area (Å²) in [7, 11) is 0. The molecule has 1 atom stereocenters. The molecular formula is C15H20ClFN2. The molecule has 1 aliphatic heterocycles. The standard InChI is InChI=1S/C15H20ClFN2/c16-12-4-3-11(15(17)8-12)10-19-7-1-2-14(19)9-18-13-5-6-13/h3-4,8,13-14,18H,1-2,5-7,9-10H2. The molecule has 0 amide bonds.